The summed E-state index contributed by atoms with van der Waals surface area (Å²) in [6.45, 7) is 6.34. The number of ether oxygens (including phenoxy) is 1. The number of alkyl carbamates (subject to hydrolysis) is 1. The summed E-state index contributed by atoms with van der Waals surface area (Å²) in [5, 5.41) is 7.77. The van der Waals surface area contributed by atoms with Crippen LogP contribution in [0.2, 0.25) is 0 Å². The zero-order valence-electron chi connectivity index (χ0n) is 24.9. The number of halogens is 2. The van der Waals surface area contributed by atoms with Crippen molar-refractivity contribution in [2.45, 2.75) is 122 Å². The van der Waals surface area contributed by atoms with Crippen LogP contribution in [-0.4, -0.2) is 78.2 Å². The van der Waals surface area contributed by atoms with E-state index in [9.17, 15) is 32.8 Å². The highest BCUT2D eigenvalue weighted by atomic mass is 19.3. The highest BCUT2D eigenvalue weighted by Crippen LogP contribution is 2.40. The Morgan fingerprint density at radius 1 is 0.927 bits per heavy atom. The summed E-state index contributed by atoms with van der Waals surface area (Å²) in [4.78, 5) is 67.1. The smallest absolute Gasteiger partial charge is 0.407 e. The number of hydrogen-bond acceptors (Lipinski definition) is 6. The lowest BCUT2D eigenvalue weighted by molar-refractivity contribution is -0.145. The van der Waals surface area contributed by atoms with Crippen molar-refractivity contribution in [1.29, 1.82) is 0 Å². The van der Waals surface area contributed by atoms with Crippen molar-refractivity contribution in [2.24, 2.45) is 17.3 Å². The number of ketones is 1. The third-order valence-electron chi connectivity index (χ3n) is 8.45. The van der Waals surface area contributed by atoms with Crippen LogP contribution in [0.25, 0.3) is 0 Å². The molecular formula is C29H46F2N4O6. The summed E-state index contributed by atoms with van der Waals surface area (Å²) in [6, 6.07) is -3.55. The molecular weight excluding hydrogens is 538 g/mol. The number of carbonyl (C=O) groups excluding carboxylic acids is 5. The molecule has 0 spiro atoms. The molecule has 2 saturated carbocycles. The van der Waals surface area contributed by atoms with Gasteiger partial charge in [0.05, 0.1) is 13.2 Å². The lowest BCUT2D eigenvalue weighted by Crippen LogP contribution is -2.60. The summed E-state index contributed by atoms with van der Waals surface area (Å²) in [6.07, 6.45) is 5.02. The molecule has 1 saturated heterocycles. The average molecular weight is 585 g/mol. The third kappa shape index (κ3) is 9.10. The Hall–Kier alpha value is -2.79. The first-order valence-corrected chi connectivity index (χ1v) is 14.8. The van der Waals surface area contributed by atoms with Crippen LogP contribution in [0.3, 0.4) is 0 Å². The van der Waals surface area contributed by atoms with Gasteiger partial charge < -0.3 is 25.6 Å². The second kappa shape index (κ2) is 13.5. The minimum Gasteiger partial charge on any atom is -0.453 e. The molecule has 10 nitrogen and oxygen atoms in total. The number of likely N-dealkylation sites (tertiary alicyclic amines) is 1. The lowest BCUT2D eigenvalue weighted by atomic mass is 9.76. The van der Waals surface area contributed by atoms with Crippen LogP contribution in [0.1, 0.15) is 91.9 Å². The first kappa shape index (κ1) is 32.7. The van der Waals surface area contributed by atoms with Crippen LogP contribution < -0.4 is 16.0 Å². The Balaban J connectivity index is 1.89. The van der Waals surface area contributed by atoms with E-state index in [4.69, 9.17) is 4.74 Å². The maximum absolute atomic E-state index is 14.0. The van der Waals surface area contributed by atoms with Crippen molar-refractivity contribution in [3.8, 4) is 0 Å². The van der Waals surface area contributed by atoms with Crippen molar-refractivity contribution in [1.82, 2.24) is 20.9 Å². The van der Waals surface area contributed by atoms with Gasteiger partial charge in [0.1, 0.15) is 12.1 Å². The van der Waals surface area contributed by atoms with Crippen LogP contribution in [0, 0.1) is 17.3 Å². The summed E-state index contributed by atoms with van der Waals surface area (Å²) in [7, 11) is 1.20. The molecule has 3 fully saturated rings. The van der Waals surface area contributed by atoms with Crippen LogP contribution in [-0.2, 0) is 23.9 Å². The highest BCUT2D eigenvalue weighted by molar-refractivity contribution is 6.38. The molecule has 0 aromatic heterocycles. The molecule has 0 radical (unpaired) electrons. The zero-order valence-corrected chi connectivity index (χ0v) is 24.9. The molecule has 1 heterocycles. The van der Waals surface area contributed by atoms with Gasteiger partial charge in [-0.3, -0.25) is 19.2 Å². The highest BCUT2D eigenvalue weighted by Gasteiger charge is 2.49. The SMILES string of the molecule is COC(=O)N[C@H](C(=O)N1CC[C@H](C2CCCCC2)[C@H]1C(=O)N[C@@H](CCC(C)(F)F)C(=O)C(=O)NC1CC1)C(C)(C)C. The fourth-order valence-corrected chi connectivity index (χ4v) is 6.01. The van der Waals surface area contributed by atoms with Gasteiger partial charge in [-0.05, 0) is 49.9 Å². The second-order valence-corrected chi connectivity index (χ2v) is 13.0. The van der Waals surface area contributed by atoms with Gasteiger partial charge in [0.15, 0.2) is 0 Å². The molecule has 3 rings (SSSR count). The molecule has 0 aromatic carbocycles. The Morgan fingerprint density at radius 2 is 1.56 bits per heavy atom. The van der Waals surface area contributed by atoms with Crippen molar-refractivity contribution in [3.05, 3.63) is 0 Å². The van der Waals surface area contributed by atoms with Crippen LogP contribution in [0.5, 0.6) is 0 Å². The molecule has 0 aromatic rings. The minimum atomic E-state index is -3.10. The Bertz CT molecular complexity index is 985. The van der Waals surface area contributed by atoms with Crippen molar-refractivity contribution < 1.29 is 37.5 Å². The predicted molar refractivity (Wildman–Crippen MR) is 147 cm³/mol. The second-order valence-electron chi connectivity index (χ2n) is 13.0. The van der Waals surface area contributed by atoms with Crippen LogP contribution >= 0.6 is 0 Å². The minimum absolute atomic E-state index is 0.120. The first-order valence-electron chi connectivity index (χ1n) is 14.8. The van der Waals surface area contributed by atoms with E-state index in [1.165, 1.54) is 12.0 Å². The van der Waals surface area contributed by atoms with Crippen LogP contribution in [0.15, 0.2) is 0 Å². The largest absolute Gasteiger partial charge is 0.453 e. The number of alkyl halides is 2. The van der Waals surface area contributed by atoms with E-state index in [-0.39, 0.29) is 24.4 Å². The molecule has 3 aliphatic rings. The maximum Gasteiger partial charge on any atom is 0.407 e. The van der Waals surface area contributed by atoms with Crippen molar-refractivity contribution in [2.75, 3.05) is 13.7 Å². The number of nitrogens with one attached hydrogen (secondary N) is 3. The van der Waals surface area contributed by atoms with Gasteiger partial charge in [0, 0.05) is 19.0 Å². The molecule has 12 heteroatoms. The van der Waals surface area contributed by atoms with E-state index < -0.39 is 71.9 Å². The Kier molecular flexibility index (Phi) is 10.7. The summed E-state index contributed by atoms with van der Waals surface area (Å²) in [5.74, 6) is -6.12. The molecule has 1 aliphatic heterocycles. The predicted octanol–water partition coefficient (Wildman–Crippen LogP) is 3.32. The van der Waals surface area contributed by atoms with Crippen molar-refractivity contribution >= 4 is 29.6 Å². The summed E-state index contributed by atoms with van der Waals surface area (Å²) >= 11 is 0. The van der Waals surface area contributed by atoms with E-state index in [1.54, 1.807) is 20.8 Å². The van der Waals surface area contributed by atoms with Gasteiger partial charge in [-0.25, -0.2) is 13.6 Å². The number of carbonyl (C=O) groups is 5. The zero-order chi connectivity index (χ0) is 30.5. The number of hydrogen-bond donors (Lipinski definition) is 3. The third-order valence-corrected chi connectivity index (χ3v) is 8.45. The quantitative estimate of drug-likeness (QED) is 0.319. The van der Waals surface area contributed by atoms with Gasteiger partial charge >= 0.3 is 6.09 Å². The molecule has 0 bridgehead atoms. The summed E-state index contributed by atoms with van der Waals surface area (Å²) < 4.78 is 32.3. The van der Waals surface area contributed by atoms with Gasteiger partial charge in [-0.1, -0.05) is 52.9 Å². The normalized spacial score (nSPS) is 23.3. The Morgan fingerprint density at radius 3 is 2.10 bits per heavy atom. The molecule has 4 atom stereocenters. The summed E-state index contributed by atoms with van der Waals surface area (Å²) in [5.41, 5.74) is -0.721. The average Bonchev–Trinajstić information content (AvgIpc) is 3.61. The maximum atomic E-state index is 14.0. The van der Waals surface area contributed by atoms with E-state index in [2.05, 4.69) is 16.0 Å². The van der Waals surface area contributed by atoms with E-state index >= 15 is 0 Å². The molecule has 41 heavy (non-hydrogen) atoms. The molecule has 3 N–H and O–H groups in total. The van der Waals surface area contributed by atoms with E-state index in [0.29, 0.717) is 6.42 Å². The number of methoxy groups -OCH3 is 1. The van der Waals surface area contributed by atoms with E-state index in [1.807, 2.05) is 0 Å². The van der Waals surface area contributed by atoms with Gasteiger partial charge in [-0.2, -0.15) is 0 Å². The molecule has 4 amide bonds. The molecule has 232 valence electrons. The first-order chi connectivity index (χ1) is 19.1. The number of Topliss-reactive ketones (excluding diaryl/α,β-unsaturated/α-hetero) is 1. The lowest BCUT2D eigenvalue weighted by Gasteiger charge is -2.38. The number of nitrogens with zero attached hydrogens (tertiary/aromatic N) is 1. The number of rotatable bonds is 11. The monoisotopic (exact) mass is 584 g/mol. The fraction of sp³-hybridized carbons (Fsp3) is 0.828. The fourth-order valence-electron chi connectivity index (χ4n) is 6.01. The van der Waals surface area contributed by atoms with Gasteiger partial charge in [-0.15, -0.1) is 0 Å². The van der Waals surface area contributed by atoms with E-state index in [0.717, 1.165) is 51.9 Å². The molecule has 2 aliphatic carbocycles. The molecule has 0 unspecified atom stereocenters. The topological polar surface area (TPSA) is 134 Å². The standard InChI is InChI=1S/C29H46F2N4O6/c1-28(2,3)23(34-27(40)41-5)26(39)35-16-14-19(17-9-7-6-8-10-17)21(35)24(37)33-20(13-15-29(4,30)31)22(36)25(38)32-18-11-12-18/h17-21,23H,6-16H2,1-5H3,(H,32,38)(H,33,37)(H,34,40)/t19-,20+,21+,23-/m1/s1. The van der Waals surface area contributed by atoms with Crippen LogP contribution in [0.4, 0.5) is 13.6 Å². The van der Waals surface area contributed by atoms with Gasteiger partial charge in [0.2, 0.25) is 23.5 Å². The van der Waals surface area contributed by atoms with Crippen molar-refractivity contribution in [3.63, 3.8) is 0 Å². The number of amides is 4. The Labute approximate surface area is 241 Å². The van der Waals surface area contributed by atoms with Gasteiger partial charge in [0.25, 0.3) is 5.91 Å².